The van der Waals surface area contributed by atoms with Crippen LogP contribution in [-0.2, 0) is 11.2 Å². The van der Waals surface area contributed by atoms with Crippen molar-refractivity contribution in [3.05, 3.63) is 23.9 Å². The molecule has 1 fully saturated rings. The highest BCUT2D eigenvalue weighted by Gasteiger charge is 2.32. The van der Waals surface area contributed by atoms with Crippen molar-refractivity contribution in [2.24, 2.45) is 0 Å². The van der Waals surface area contributed by atoms with Gasteiger partial charge in [0.15, 0.2) is 11.5 Å². The number of nitrogens with zero attached hydrogens (tertiary/aromatic N) is 7. The third-order valence-corrected chi connectivity index (χ3v) is 6.25. The second-order valence-corrected chi connectivity index (χ2v) is 8.66. The van der Waals surface area contributed by atoms with E-state index in [-0.39, 0.29) is 24.4 Å². The van der Waals surface area contributed by atoms with E-state index in [9.17, 15) is 4.79 Å². The van der Waals surface area contributed by atoms with E-state index >= 15 is 0 Å². The zero-order chi connectivity index (χ0) is 24.0. The number of piperazine rings is 1. The summed E-state index contributed by atoms with van der Waals surface area (Å²) in [5.41, 5.74) is 7.84. The van der Waals surface area contributed by atoms with Gasteiger partial charge in [-0.1, -0.05) is 0 Å². The van der Waals surface area contributed by atoms with Crippen LogP contribution in [0.3, 0.4) is 0 Å². The number of rotatable bonds is 5. The predicted molar refractivity (Wildman–Crippen MR) is 137 cm³/mol. The fraction of sp³-hybridized carbons (Fsp3) is 0.435. The second kappa shape index (κ2) is 9.57. The van der Waals surface area contributed by atoms with E-state index in [1.807, 2.05) is 19.9 Å². The maximum absolute atomic E-state index is 12.4. The highest BCUT2D eigenvalue weighted by molar-refractivity contribution is 6.00. The SMILES string of the molecule is COc1cc2nc(N3CCN(c4ncc5c(n4)N(C(C)C)C(=O)C5)CC3)nc(N)c2cc1OC.Cl. The van der Waals surface area contributed by atoms with Crippen molar-refractivity contribution in [1.29, 1.82) is 0 Å². The summed E-state index contributed by atoms with van der Waals surface area (Å²) >= 11 is 0. The van der Waals surface area contributed by atoms with Crippen molar-refractivity contribution in [1.82, 2.24) is 19.9 Å². The Kier molecular flexibility index (Phi) is 6.70. The Hall–Kier alpha value is -3.60. The van der Waals surface area contributed by atoms with Gasteiger partial charge in [-0.25, -0.2) is 9.97 Å². The van der Waals surface area contributed by atoms with Gasteiger partial charge in [0.05, 0.1) is 26.2 Å². The first-order valence-corrected chi connectivity index (χ1v) is 11.3. The third-order valence-electron chi connectivity index (χ3n) is 6.25. The first-order chi connectivity index (χ1) is 16.4. The summed E-state index contributed by atoms with van der Waals surface area (Å²) < 4.78 is 10.8. The molecular formula is C23H29ClN8O3. The number of carbonyl (C=O) groups is 1. The molecule has 0 saturated carbocycles. The van der Waals surface area contributed by atoms with Gasteiger partial charge in [-0.2, -0.15) is 9.97 Å². The molecule has 2 N–H and O–H groups in total. The summed E-state index contributed by atoms with van der Waals surface area (Å²) in [5.74, 6) is 3.57. The maximum Gasteiger partial charge on any atom is 0.233 e. The average Bonchev–Trinajstić information content (AvgIpc) is 3.18. The van der Waals surface area contributed by atoms with E-state index in [0.29, 0.717) is 67.3 Å². The summed E-state index contributed by atoms with van der Waals surface area (Å²) in [6.45, 7) is 6.75. The molecule has 1 saturated heterocycles. The number of benzene rings is 1. The van der Waals surface area contributed by atoms with E-state index in [1.165, 1.54) is 0 Å². The number of ether oxygens (including phenoxy) is 2. The average molecular weight is 501 g/mol. The minimum absolute atomic E-state index is 0. The Labute approximate surface area is 209 Å². The maximum atomic E-state index is 12.4. The smallest absolute Gasteiger partial charge is 0.233 e. The molecule has 2 aliphatic heterocycles. The Bertz CT molecular complexity index is 1260. The Morgan fingerprint density at radius 1 is 0.943 bits per heavy atom. The predicted octanol–water partition coefficient (Wildman–Crippen LogP) is 2.07. The van der Waals surface area contributed by atoms with Crippen molar-refractivity contribution in [3.8, 4) is 11.5 Å². The molecule has 0 unspecified atom stereocenters. The highest BCUT2D eigenvalue weighted by Crippen LogP contribution is 2.34. The van der Waals surface area contributed by atoms with E-state index in [1.54, 1.807) is 31.4 Å². The molecule has 0 aliphatic carbocycles. The Morgan fingerprint density at radius 2 is 1.57 bits per heavy atom. The molecule has 2 aromatic heterocycles. The van der Waals surface area contributed by atoms with Gasteiger partial charge in [0.2, 0.25) is 17.8 Å². The fourth-order valence-corrected chi connectivity index (χ4v) is 4.49. The molecule has 12 heteroatoms. The molecule has 0 spiro atoms. The molecule has 0 radical (unpaired) electrons. The van der Waals surface area contributed by atoms with Gasteiger partial charge in [-0.05, 0) is 19.9 Å². The molecule has 35 heavy (non-hydrogen) atoms. The summed E-state index contributed by atoms with van der Waals surface area (Å²) in [6.07, 6.45) is 2.14. The monoisotopic (exact) mass is 500 g/mol. The minimum atomic E-state index is 0. The quantitative estimate of drug-likeness (QED) is 0.556. The lowest BCUT2D eigenvalue weighted by Crippen LogP contribution is -2.47. The van der Waals surface area contributed by atoms with Gasteiger partial charge in [0, 0.05) is 55.4 Å². The van der Waals surface area contributed by atoms with Crippen LogP contribution in [0.4, 0.5) is 23.5 Å². The standard InChI is InChI=1S/C23H28N8O3.ClH/c1-13(2)31-19(32)9-14-12-25-22(28-21(14)31)29-5-7-30(8-6-29)23-26-16-11-18(34-4)17(33-3)10-15(16)20(24)27-23;/h10-13H,5-9H2,1-4H3,(H2,24,26,27);1H. The zero-order valence-electron chi connectivity index (χ0n) is 20.2. The summed E-state index contributed by atoms with van der Waals surface area (Å²) in [7, 11) is 3.17. The van der Waals surface area contributed by atoms with Crippen molar-refractivity contribution in [2.45, 2.75) is 26.3 Å². The second-order valence-electron chi connectivity index (χ2n) is 8.66. The zero-order valence-corrected chi connectivity index (χ0v) is 21.0. The third kappa shape index (κ3) is 4.31. The number of nitrogen functional groups attached to an aromatic ring is 1. The van der Waals surface area contributed by atoms with Gasteiger partial charge in [0.1, 0.15) is 11.6 Å². The fourth-order valence-electron chi connectivity index (χ4n) is 4.49. The number of carbonyl (C=O) groups excluding carboxylic acids is 1. The normalized spacial score (nSPS) is 15.5. The molecule has 11 nitrogen and oxygen atoms in total. The van der Waals surface area contributed by atoms with Crippen LogP contribution in [-0.4, -0.2) is 72.3 Å². The lowest BCUT2D eigenvalue weighted by Gasteiger charge is -2.35. The Balaban J connectivity index is 0.00000289. The number of aromatic nitrogens is 4. The number of halogens is 1. The van der Waals surface area contributed by atoms with E-state index < -0.39 is 0 Å². The molecule has 1 amide bonds. The molecule has 3 aromatic rings. The molecule has 4 heterocycles. The first-order valence-electron chi connectivity index (χ1n) is 11.3. The van der Waals surface area contributed by atoms with Crippen LogP contribution in [0.15, 0.2) is 18.3 Å². The van der Waals surface area contributed by atoms with Gasteiger partial charge >= 0.3 is 0 Å². The number of anilines is 4. The molecular weight excluding hydrogens is 472 g/mol. The van der Waals surface area contributed by atoms with Crippen LogP contribution in [0.1, 0.15) is 19.4 Å². The lowest BCUT2D eigenvalue weighted by molar-refractivity contribution is -0.117. The molecule has 0 bridgehead atoms. The van der Waals surface area contributed by atoms with Crippen molar-refractivity contribution < 1.29 is 14.3 Å². The summed E-state index contributed by atoms with van der Waals surface area (Å²) in [5, 5.41) is 0.718. The molecule has 0 atom stereocenters. The van der Waals surface area contributed by atoms with Crippen LogP contribution in [0, 0.1) is 0 Å². The molecule has 186 valence electrons. The highest BCUT2D eigenvalue weighted by atomic mass is 35.5. The van der Waals surface area contributed by atoms with Gasteiger partial charge < -0.3 is 25.0 Å². The van der Waals surface area contributed by atoms with E-state index in [4.69, 9.17) is 25.2 Å². The van der Waals surface area contributed by atoms with Crippen LogP contribution in [0.25, 0.3) is 10.9 Å². The number of hydrogen-bond acceptors (Lipinski definition) is 10. The number of methoxy groups -OCH3 is 2. The van der Waals surface area contributed by atoms with Gasteiger partial charge in [-0.3, -0.25) is 9.69 Å². The summed E-state index contributed by atoms with van der Waals surface area (Å²) in [4.78, 5) is 36.9. The summed E-state index contributed by atoms with van der Waals surface area (Å²) in [6, 6.07) is 3.66. The van der Waals surface area contributed by atoms with Gasteiger partial charge in [0.25, 0.3) is 0 Å². The number of amides is 1. The van der Waals surface area contributed by atoms with Crippen LogP contribution in [0.5, 0.6) is 11.5 Å². The molecule has 2 aliphatic rings. The van der Waals surface area contributed by atoms with Crippen molar-refractivity contribution >= 4 is 52.7 Å². The Morgan fingerprint density at radius 3 is 2.20 bits per heavy atom. The van der Waals surface area contributed by atoms with Crippen molar-refractivity contribution in [2.75, 3.05) is 60.8 Å². The number of hydrogen-bond donors (Lipinski definition) is 1. The molecule has 1 aromatic carbocycles. The van der Waals surface area contributed by atoms with Crippen LogP contribution >= 0.6 is 12.4 Å². The number of fused-ring (bicyclic) bond motifs is 2. The van der Waals surface area contributed by atoms with E-state index in [2.05, 4.69) is 19.8 Å². The van der Waals surface area contributed by atoms with E-state index in [0.717, 1.165) is 16.8 Å². The largest absolute Gasteiger partial charge is 0.493 e. The first kappa shape index (κ1) is 24.5. The minimum Gasteiger partial charge on any atom is -0.493 e. The number of nitrogens with two attached hydrogens (primary N) is 1. The topological polar surface area (TPSA) is 123 Å². The van der Waals surface area contributed by atoms with Crippen molar-refractivity contribution in [3.63, 3.8) is 0 Å². The molecule has 5 rings (SSSR count). The van der Waals surface area contributed by atoms with Gasteiger partial charge in [-0.15, -0.1) is 12.4 Å². The van der Waals surface area contributed by atoms with Crippen LogP contribution in [0.2, 0.25) is 0 Å². The van der Waals surface area contributed by atoms with Crippen LogP contribution < -0.4 is 29.9 Å². The lowest BCUT2D eigenvalue weighted by atomic mass is 10.2.